The van der Waals surface area contributed by atoms with Crippen molar-refractivity contribution < 1.29 is 18.3 Å². The van der Waals surface area contributed by atoms with Gasteiger partial charge in [-0.1, -0.05) is 0 Å². The molecule has 0 aliphatic rings. The minimum atomic E-state index is -3.46. The number of hydrogen-bond donors (Lipinski definition) is 1. The predicted molar refractivity (Wildman–Crippen MR) is 71.1 cm³/mol. The molecule has 0 fully saturated rings. The number of rotatable bonds is 4. The number of nitrogens with zero attached hydrogens (tertiary/aromatic N) is 1. The van der Waals surface area contributed by atoms with Crippen molar-refractivity contribution in [3.63, 3.8) is 0 Å². The van der Waals surface area contributed by atoms with Crippen LogP contribution < -0.4 is 0 Å². The van der Waals surface area contributed by atoms with Gasteiger partial charge < -0.3 is 5.11 Å². The summed E-state index contributed by atoms with van der Waals surface area (Å²) in [5.41, 5.74) is 0.0626. The second-order valence-corrected chi connectivity index (χ2v) is 7.24. The molecule has 2 aromatic rings. The van der Waals surface area contributed by atoms with Crippen LogP contribution in [0.2, 0.25) is 0 Å². The lowest BCUT2D eigenvalue weighted by molar-refractivity contribution is 0.0697. The van der Waals surface area contributed by atoms with Gasteiger partial charge in [0.05, 0.1) is 21.2 Å². The van der Waals surface area contributed by atoms with Crippen LogP contribution in [0.1, 0.15) is 20.2 Å². The quantitative estimate of drug-likeness (QED) is 0.934. The Kier molecular flexibility index (Phi) is 3.68. The molecule has 2 rings (SSSR count). The SMILES string of the molecule is Cc1ncc(CS(=O)(=O)c2ccc(C(=O)O)cc2)s1. The molecule has 1 heterocycles. The summed E-state index contributed by atoms with van der Waals surface area (Å²) in [5.74, 6) is -1.20. The van der Waals surface area contributed by atoms with Crippen LogP contribution in [0.5, 0.6) is 0 Å². The van der Waals surface area contributed by atoms with Crippen molar-refractivity contribution in [2.24, 2.45) is 0 Å². The number of carboxylic acids is 1. The lowest BCUT2D eigenvalue weighted by Crippen LogP contribution is -2.05. The van der Waals surface area contributed by atoms with Gasteiger partial charge >= 0.3 is 5.97 Å². The summed E-state index contributed by atoms with van der Waals surface area (Å²) >= 11 is 1.33. The van der Waals surface area contributed by atoms with E-state index in [0.29, 0.717) is 4.88 Å². The van der Waals surface area contributed by atoms with Gasteiger partial charge in [-0.3, -0.25) is 0 Å². The van der Waals surface area contributed by atoms with Crippen molar-refractivity contribution in [1.29, 1.82) is 0 Å². The van der Waals surface area contributed by atoms with Gasteiger partial charge in [0.2, 0.25) is 0 Å². The first-order valence-electron chi connectivity index (χ1n) is 5.36. The largest absolute Gasteiger partial charge is 0.478 e. The van der Waals surface area contributed by atoms with E-state index in [2.05, 4.69) is 4.98 Å². The van der Waals surface area contributed by atoms with Gasteiger partial charge in [-0.05, 0) is 31.2 Å². The van der Waals surface area contributed by atoms with Gasteiger partial charge in [-0.15, -0.1) is 11.3 Å². The van der Waals surface area contributed by atoms with Crippen LogP contribution in [0.15, 0.2) is 35.4 Å². The van der Waals surface area contributed by atoms with Gasteiger partial charge in [0, 0.05) is 11.1 Å². The number of benzene rings is 1. The highest BCUT2D eigenvalue weighted by Crippen LogP contribution is 2.20. The van der Waals surface area contributed by atoms with Gasteiger partial charge in [0.1, 0.15) is 0 Å². The second-order valence-electron chi connectivity index (χ2n) is 3.93. The van der Waals surface area contributed by atoms with E-state index in [-0.39, 0.29) is 16.2 Å². The average Bonchev–Trinajstić information content (AvgIpc) is 2.74. The molecule has 1 N–H and O–H groups in total. The first kappa shape index (κ1) is 13.7. The monoisotopic (exact) mass is 297 g/mol. The molecule has 7 heteroatoms. The summed E-state index contributed by atoms with van der Waals surface area (Å²) in [5, 5.41) is 9.57. The third-order valence-corrected chi connectivity index (χ3v) is 5.24. The molecular weight excluding hydrogens is 286 g/mol. The Bertz CT molecular complexity index is 702. The van der Waals surface area contributed by atoms with E-state index in [1.165, 1.54) is 35.6 Å². The topological polar surface area (TPSA) is 84.3 Å². The standard InChI is InChI=1S/C12H11NO4S2/c1-8-13-6-10(18-8)7-19(16,17)11-4-2-9(3-5-11)12(14)15/h2-6H,7H2,1H3,(H,14,15). The molecule has 0 saturated carbocycles. The van der Waals surface area contributed by atoms with Gasteiger partial charge in [0.25, 0.3) is 0 Å². The fourth-order valence-corrected chi connectivity index (χ4v) is 4.01. The summed E-state index contributed by atoms with van der Waals surface area (Å²) in [7, 11) is -3.46. The molecule has 0 unspecified atom stereocenters. The highest BCUT2D eigenvalue weighted by Gasteiger charge is 2.17. The molecule has 0 radical (unpaired) electrons. The minimum absolute atomic E-state index is 0.0626. The van der Waals surface area contributed by atoms with Crippen LogP contribution in [-0.2, 0) is 15.6 Å². The Labute approximate surface area is 114 Å². The Balaban J connectivity index is 2.26. The Morgan fingerprint density at radius 2 is 1.95 bits per heavy atom. The van der Waals surface area contributed by atoms with Crippen molar-refractivity contribution in [2.75, 3.05) is 0 Å². The number of carbonyl (C=O) groups is 1. The third kappa shape index (κ3) is 3.18. The smallest absolute Gasteiger partial charge is 0.335 e. The van der Waals surface area contributed by atoms with E-state index in [4.69, 9.17) is 5.11 Å². The Hall–Kier alpha value is -1.73. The summed E-state index contributed by atoms with van der Waals surface area (Å²) < 4.78 is 24.2. The van der Waals surface area contributed by atoms with Gasteiger partial charge in [0.15, 0.2) is 9.84 Å². The van der Waals surface area contributed by atoms with E-state index >= 15 is 0 Å². The maximum Gasteiger partial charge on any atom is 0.335 e. The molecule has 0 aliphatic carbocycles. The lowest BCUT2D eigenvalue weighted by atomic mass is 10.2. The fraction of sp³-hybridized carbons (Fsp3) is 0.167. The summed E-state index contributed by atoms with van der Waals surface area (Å²) in [6.07, 6.45) is 1.54. The maximum atomic E-state index is 12.1. The zero-order chi connectivity index (χ0) is 14.0. The zero-order valence-corrected chi connectivity index (χ0v) is 11.7. The first-order valence-corrected chi connectivity index (χ1v) is 7.83. The summed E-state index contributed by atoms with van der Waals surface area (Å²) in [6, 6.07) is 5.19. The molecule has 0 aliphatic heterocycles. The summed E-state index contributed by atoms with van der Waals surface area (Å²) in [6.45, 7) is 1.81. The molecule has 0 spiro atoms. The van der Waals surface area contributed by atoms with E-state index < -0.39 is 15.8 Å². The van der Waals surface area contributed by atoms with Crippen molar-refractivity contribution in [2.45, 2.75) is 17.6 Å². The van der Waals surface area contributed by atoms with Crippen LogP contribution in [0.4, 0.5) is 0 Å². The molecule has 0 saturated heterocycles. The van der Waals surface area contributed by atoms with Gasteiger partial charge in [-0.2, -0.15) is 0 Å². The minimum Gasteiger partial charge on any atom is -0.478 e. The third-order valence-electron chi connectivity index (χ3n) is 2.46. The lowest BCUT2D eigenvalue weighted by Gasteiger charge is -2.03. The number of aromatic nitrogens is 1. The van der Waals surface area contributed by atoms with Crippen LogP contribution in [0, 0.1) is 6.92 Å². The Morgan fingerprint density at radius 3 is 2.42 bits per heavy atom. The van der Waals surface area contributed by atoms with Crippen molar-refractivity contribution in [3.8, 4) is 0 Å². The number of sulfone groups is 1. The van der Waals surface area contributed by atoms with E-state index in [1.807, 2.05) is 6.92 Å². The number of carboxylic acid groups (broad SMARTS) is 1. The average molecular weight is 297 g/mol. The molecular formula is C12H11NO4S2. The highest BCUT2D eigenvalue weighted by molar-refractivity contribution is 7.90. The van der Waals surface area contributed by atoms with Gasteiger partial charge in [-0.25, -0.2) is 18.2 Å². The highest BCUT2D eigenvalue weighted by atomic mass is 32.2. The van der Waals surface area contributed by atoms with Crippen LogP contribution >= 0.6 is 11.3 Å². The zero-order valence-electron chi connectivity index (χ0n) is 10.0. The molecule has 0 bridgehead atoms. The van der Waals surface area contributed by atoms with E-state index in [9.17, 15) is 13.2 Å². The van der Waals surface area contributed by atoms with Crippen LogP contribution in [-0.4, -0.2) is 24.5 Å². The first-order chi connectivity index (χ1) is 8.88. The molecule has 5 nitrogen and oxygen atoms in total. The number of thiazole rings is 1. The molecule has 19 heavy (non-hydrogen) atoms. The second kappa shape index (κ2) is 5.10. The van der Waals surface area contributed by atoms with Crippen molar-refractivity contribution in [1.82, 2.24) is 4.98 Å². The predicted octanol–water partition coefficient (Wildman–Crippen LogP) is 2.12. The molecule has 0 amide bonds. The summed E-state index contributed by atoms with van der Waals surface area (Å²) in [4.78, 5) is 15.5. The van der Waals surface area contributed by atoms with E-state index in [0.717, 1.165) is 5.01 Å². The van der Waals surface area contributed by atoms with Crippen molar-refractivity contribution >= 4 is 27.1 Å². The normalized spacial score (nSPS) is 11.4. The molecule has 1 aromatic carbocycles. The van der Waals surface area contributed by atoms with Crippen LogP contribution in [0.3, 0.4) is 0 Å². The Morgan fingerprint density at radius 1 is 1.32 bits per heavy atom. The number of aromatic carboxylic acids is 1. The molecule has 100 valence electrons. The van der Waals surface area contributed by atoms with Crippen LogP contribution in [0.25, 0.3) is 0 Å². The number of aryl methyl sites for hydroxylation is 1. The molecule has 0 atom stereocenters. The molecule has 1 aromatic heterocycles. The number of hydrogen-bond acceptors (Lipinski definition) is 5. The maximum absolute atomic E-state index is 12.1. The van der Waals surface area contributed by atoms with E-state index in [1.54, 1.807) is 6.20 Å². The van der Waals surface area contributed by atoms with Crippen molar-refractivity contribution in [3.05, 3.63) is 45.9 Å². The fourth-order valence-electron chi connectivity index (χ4n) is 1.55.